The van der Waals surface area contributed by atoms with Gasteiger partial charge in [-0.15, -0.1) is 0 Å². The monoisotopic (exact) mass is 404 g/mol. The zero-order chi connectivity index (χ0) is 19.4. The largest absolute Gasteiger partial charge is 0.347 e. The molecular formula is C18H17ClN4O3S. The van der Waals surface area contributed by atoms with Crippen molar-refractivity contribution in [2.24, 2.45) is 0 Å². The van der Waals surface area contributed by atoms with Crippen molar-refractivity contribution >= 4 is 27.5 Å². The Kier molecular flexibility index (Phi) is 5.59. The molecule has 1 aromatic heterocycles. The van der Waals surface area contributed by atoms with Crippen LogP contribution in [0.25, 0.3) is 5.69 Å². The fourth-order valence-corrected chi connectivity index (χ4v) is 3.45. The summed E-state index contributed by atoms with van der Waals surface area (Å²) >= 11 is 6.14. The average molecular weight is 405 g/mol. The van der Waals surface area contributed by atoms with E-state index >= 15 is 0 Å². The first kappa shape index (κ1) is 19.1. The summed E-state index contributed by atoms with van der Waals surface area (Å²) in [5, 5.41) is 7.49. The first-order chi connectivity index (χ1) is 12.9. The van der Waals surface area contributed by atoms with Crippen LogP contribution in [0.2, 0.25) is 5.02 Å². The minimum Gasteiger partial charge on any atom is -0.347 e. The highest BCUT2D eigenvalue weighted by Crippen LogP contribution is 2.19. The molecule has 0 saturated carbocycles. The molecule has 0 bridgehead atoms. The van der Waals surface area contributed by atoms with Gasteiger partial charge in [-0.05, 0) is 42.9 Å². The average Bonchev–Trinajstić information content (AvgIpc) is 3.17. The van der Waals surface area contributed by atoms with Crippen molar-refractivity contribution in [3.05, 3.63) is 77.1 Å². The number of benzene rings is 2. The van der Waals surface area contributed by atoms with Gasteiger partial charge in [0.05, 0.1) is 15.6 Å². The Hall–Kier alpha value is -2.68. The standard InChI is InChI=1S/C18H17ClN4O3S/c1-20-27(25,26)14-6-4-5-13(11-14)12-21-18(24)16-9-10-23(22-16)17-8-3-2-7-15(17)19/h2-11,20H,12H2,1H3,(H,21,24). The number of carbonyl (C=O) groups is 1. The van der Waals surface area contributed by atoms with Crippen LogP contribution in [0, 0.1) is 0 Å². The van der Waals surface area contributed by atoms with Crippen molar-refractivity contribution in [2.75, 3.05) is 7.05 Å². The van der Waals surface area contributed by atoms with Crippen molar-refractivity contribution in [3.8, 4) is 5.69 Å². The fourth-order valence-electron chi connectivity index (χ4n) is 2.43. The van der Waals surface area contributed by atoms with E-state index in [2.05, 4.69) is 15.1 Å². The molecule has 0 unspecified atom stereocenters. The minimum atomic E-state index is -3.53. The molecule has 3 aromatic rings. The summed E-state index contributed by atoms with van der Waals surface area (Å²) in [6, 6.07) is 15.1. The number of hydrogen-bond donors (Lipinski definition) is 2. The summed E-state index contributed by atoms with van der Waals surface area (Å²) in [7, 11) is -2.19. The van der Waals surface area contributed by atoms with Gasteiger partial charge in [0.25, 0.3) is 5.91 Å². The molecule has 7 nitrogen and oxygen atoms in total. The summed E-state index contributed by atoms with van der Waals surface area (Å²) in [4.78, 5) is 12.5. The topological polar surface area (TPSA) is 93.1 Å². The maximum absolute atomic E-state index is 12.3. The lowest BCUT2D eigenvalue weighted by molar-refractivity contribution is 0.0945. The van der Waals surface area contributed by atoms with Gasteiger partial charge in [-0.1, -0.05) is 35.9 Å². The Bertz CT molecular complexity index is 1080. The number of amides is 1. The normalized spacial score (nSPS) is 11.3. The number of rotatable bonds is 6. The van der Waals surface area contributed by atoms with Crippen molar-refractivity contribution in [2.45, 2.75) is 11.4 Å². The number of sulfonamides is 1. The second-order valence-corrected chi connectivity index (χ2v) is 7.93. The van der Waals surface area contributed by atoms with E-state index < -0.39 is 10.0 Å². The second kappa shape index (κ2) is 7.91. The number of carbonyl (C=O) groups excluding carboxylic acids is 1. The number of nitrogens with one attached hydrogen (secondary N) is 2. The van der Waals surface area contributed by atoms with Crippen molar-refractivity contribution < 1.29 is 13.2 Å². The molecule has 0 radical (unpaired) electrons. The number of aromatic nitrogens is 2. The predicted molar refractivity (Wildman–Crippen MR) is 102 cm³/mol. The fraction of sp³-hybridized carbons (Fsp3) is 0.111. The zero-order valence-electron chi connectivity index (χ0n) is 14.4. The lowest BCUT2D eigenvalue weighted by atomic mass is 10.2. The third kappa shape index (κ3) is 4.36. The first-order valence-corrected chi connectivity index (χ1v) is 9.88. The van der Waals surface area contributed by atoms with E-state index in [-0.39, 0.29) is 23.0 Å². The number of para-hydroxylation sites is 1. The van der Waals surface area contributed by atoms with Gasteiger partial charge in [0, 0.05) is 12.7 Å². The maximum Gasteiger partial charge on any atom is 0.272 e. The Morgan fingerprint density at radius 3 is 2.67 bits per heavy atom. The van der Waals surface area contributed by atoms with Gasteiger partial charge in [0.1, 0.15) is 0 Å². The minimum absolute atomic E-state index is 0.139. The van der Waals surface area contributed by atoms with Crippen molar-refractivity contribution in [1.29, 1.82) is 0 Å². The van der Waals surface area contributed by atoms with E-state index in [0.29, 0.717) is 16.3 Å². The molecule has 0 aliphatic rings. The lowest BCUT2D eigenvalue weighted by Crippen LogP contribution is -2.24. The molecule has 2 N–H and O–H groups in total. The molecule has 2 aromatic carbocycles. The third-order valence-electron chi connectivity index (χ3n) is 3.85. The third-order valence-corrected chi connectivity index (χ3v) is 5.58. The smallest absolute Gasteiger partial charge is 0.272 e. The Morgan fingerprint density at radius 2 is 1.93 bits per heavy atom. The molecule has 27 heavy (non-hydrogen) atoms. The van der Waals surface area contributed by atoms with Gasteiger partial charge >= 0.3 is 0 Å². The maximum atomic E-state index is 12.3. The van der Waals surface area contributed by atoms with E-state index in [1.165, 1.54) is 23.9 Å². The summed E-state index contributed by atoms with van der Waals surface area (Å²) in [6.45, 7) is 0.171. The Morgan fingerprint density at radius 1 is 1.15 bits per heavy atom. The molecule has 0 fully saturated rings. The van der Waals surface area contributed by atoms with Crippen LogP contribution in [0.3, 0.4) is 0 Å². The van der Waals surface area contributed by atoms with E-state index in [9.17, 15) is 13.2 Å². The molecule has 1 amide bonds. The molecule has 3 rings (SSSR count). The molecule has 0 atom stereocenters. The van der Waals surface area contributed by atoms with Gasteiger partial charge < -0.3 is 5.32 Å². The number of halogens is 1. The van der Waals surface area contributed by atoms with Gasteiger partial charge in [-0.3, -0.25) is 4.79 Å². The van der Waals surface area contributed by atoms with Crippen LogP contribution in [-0.2, 0) is 16.6 Å². The first-order valence-electron chi connectivity index (χ1n) is 8.02. The molecule has 140 valence electrons. The van der Waals surface area contributed by atoms with Gasteiger partial charge in [-0.2, -0.15) is 5.10 Å². The number of hydrogen-bond acceptors (Lipinski definition) is 4. The summed E-state index contributed by atoms with van der Waals surface area (Å²) in [5.41, 5.74) is 1.56. The van der Waals surface area contributed by atoms with Crippen LogP contribution in [0.5, 0.6) is 0 Å². The van der Waals surface area contributed by atoms with Crippen LogP contribution in [0.4, 0.5) is 0 Å². The van der Waals surface area contributed by atoms with Crippen LogP contribution in [0.15, 0.2) is 65.7 Å². The molecule has 0 spiro atoms. The molecule has 0 aliphatic heterocycles. The van der Waals surface area contributed by atoms with E-state index in [0.717, 1.165) is 0 Å². The molecule has 1 heterocycles. The van der Waals surface area contributed by atoms with E-state index in [1.54, 1.807) is 36.5 Å². The molecule has 0 saturated heterocycles. The number of nitrogens with zero attached hydrogens (tertiary/aromatic N) is 2. The molecule has 0 aliphatic carbocycles. The van der Waals surface area contributed by atoms with E-state index in [1.807, 2.05) is 12.1 Å². The van der Waals surface area contributed by atoms with Gasteiger partial charge in [0.2, 0.25) is 10.0 Å². The van der Waals surface area contributed by atoms with E-state index in [4.69, 9.17) is 11.6 Å². The van der Waals surface area contributed by atoms with Crippen molar-refractivity contribution in [1.82, 2.24) is 19.8 Å². The SMILES string of the molecule is CNS(=O)(=O)c1cccc(CNC(=O)c2ccn(-c3ccccc3Cl)n2)c1. The Labute approximate surface area is 162 Å². The highest BCUT2D eigenvalue weighted by atomic mass is 35.5. The summed E-state index contributed by atoms with van der Waals surface area (Å²) in [5.74, 6) is -0.373. The van der Waals surface area contributed by atoms with Crippen molar-refractivity contribution in [3.63, 3.8) is 0 Å². The van der Waals surface area contributed by atoms with Crippen LogP contribution >= 0.6 is 11.6 Å². The van der Waals surface area contributed by atoms with Crippen LogP contribution < -0.4 is 10.0 Å². The summed E-state index contributed by atoms with van der Waals surface area (Å²) in [6.07, 6.45) is 1.65. The van der Waals surface area contributed by atoms with Crippen LogP contribution in [0.1, 0.15) is 16.1 Å². The highest BCUT2D eigenvalue weighted by molar-refractivity contribution is 7.89. The molecule has 9 heteroatoms. The lowest BCUT2D eigenvalue weighted by Gasteiger charge is -2.07. The zero-order valence-corrected chi connectivity index (χ0v) is 16.0. The quantitative estimate of drug-likeness (QED) is 0.659. The second-order valence-electron chi connectivity index (χ2n) is 5.63. The highest BCUT2D eigenvalue weighted by Gasteiger charge is 2.13. The summed E-state index contributed by atoms with van der Waals surface area (Å²) < 4.78 is 27.5. The Balaban J connectivity index is 1.71. The predicted octanol–water partition coefficient (Wildman–Crippen LogP) is 2.36. The van der Waals surface area contributed by atoms with Gasteiger partial charge in [0.15, 0.2) is 5.69 Å². The van der Waals surface area contributed by atoms with Gasteiger partial charge in [-0.25, -0.2) is 17.8 Å². The molecular weight excluding hydrogens is 388 g/mol. The van der Waals surface area contributed by atoms with Crippen LogP contribution in [-0.4, -0.2) is 31.2 Å².